The van der Waals surface area contributed by atoms with Crippen molar-refractivity contribution in [1.29, 1.82) is 0 Å². The van der Waals surface area contributed by atoms with Gasteiger partial charge in [-0.2, -0.15) is 26.3 Å². The van der Waals surface area contributed by atoms with Crippen LogP contribution in [0, 0.1) is 6.92 Å². The van der Waals surface area contributed by atoms with Gasteiger partial charge in [0.2, 0.25) is 0 Å². The largest absolute Gasteiger partial charge is 0.418 e. The Bertz CT molecular complexity index is 832. The number of fused-ring (bicyclic) bond motifs is 3. The molecule has 0 saturated carbocycles. The zero-order chi connectivity index (χ0) is 17.9. The first-order valence-corrected chi connectivity index (χ1v) is 7.28. The van der Waals surface area contributed by atoms with Crippen LogP contribution in [0.4, 0.5) is 37.7 Å². The molecule has 1 unspecified atom stereocenters. The minimum Gasteiger partial charge on any atom is -0.370 e. The fourth-order valence-corrected chi connectivity index (χ4v) is 3.47. The van der Waals surface area contributed by atoms with Crippen LogP contribution in [-0.4, -0.2) is 25.5 Å². The first-order valence-electron chi connectivity index (χ1n) is 7.28. The summed E-state index contributed by atoms with van der Waals surface area (Å²) in [5.41, 5.74) is -0.926. The first kappa shape index (κ1) is 16.9. The van der Waals surface area contributed by atoms with Gasteiger partial charge in [-0.3, -0.25) is 4.99 Å². The predicted molar refractivity (Wildman–Crippen MR) is 80.0 cm³/mol. The summed E-state index contributed by atoms with van der Waals surface area (Å²) in [5.74, 6) is 0. The molecule has 130 valence electrons. The Kier molecular flexibility index (Phi) is 3.69. The lowest BCUT2D eigenvalue weighted by molar-refractivity contribution is -0.139. The number of hydrogen-bond donors (Lipinski definition) is 0. The molecule has 0 aromatic heterocycles. The molecule has 0 bridgehead atoms. The summed E-state index contributed by atoms with van der Waals surface area (Å²) in [6.07, 6.45) is -5.62. The highest BCUT2D eigenvalue weighted by Gasteiger charge is 2.40. The van der Waals surface area contributed by atoms with E-state index >= 15 is 0 Å². The van der Waals surface area contributed by atoms with Crippen molar-refractivity contribution in [2.24, 2.45) is 4.99 Å². The van der Waals surface area contributed by atoms with E-state index in [1.54, 1.807) is 6.08 Å². The van der Waals surface area contributed by atoms with Gasteiger partial charge in [0.25, 0.3) is 0 Å². The number of rotatable bonds is 1. The summed E-state index contributed by atoms with van der Waals surface area (Å²) >= 11 is 0. The lowest BCUT2D eigenvalue weighted by Crippen LogP contribution is -2.45. The van der Waals surface area contributed by atoms with Crippen molar-refractivity contribution in [1.82, 2.24) is 0 Å². The second-order valence-corrected chi connectivity index (χ2v) is 5.99. The zero-order valence-electron chi connectivity index (χ0n) is 12.9. The molecule has 1 aromatic rings. The number of nitrogens with zero attached hydrogens (tertiary/aromatic N) is 2. The number of aliphatic imine (C=N–C) groups is 1. The number of hydrogen-bond acceptors (Lipinski definition) is 2. The number of anilines is 1. The molecule has 2 heterocycles. The van der Waals surface area contributed by atoms with Gasteiger partial charge in [0.05, 0.1) is 17.7 Å². The smallest absolute Gasteiger partial charge is 0.370 e. The Morgan fingerprint density at radius 1 is 1.17 bits per heavy atom. The Hall–Kier alpha value is -1.99. The van der Waals surface area contributed by atoms with Crippen molar-refractivity contribution >= 4 is 29.7 Å². The predicted octanol–water partition coefficient (Wildman–Crippen LogP) is 3.45. The minimum atomic E-state index is -4.63. The molecule has 0 radical (unpaired) electrons. The van der Waals surface area contributed by atoms with Crippen LogP contribution in [0.15, 0.2) is 4.99 Å². The summed E-state index contributed by atoms with van der Waals surface area (Å²) in [6, 6.07) is -0.919. The highest BCUT2D eigenvalue weighted by atomic mass is 19.4. The van der Waals surface area contributed by atoms with Crippen molar-refractivity contribution < 1.29 is 26.3 Å². The maximum Gasteiger partial charge on any atom is 0.418 e. The molecule has 24 heavy (non-hydrogen) atoms. The number of alkyl halides is 6. The van der Waals surface area contributed by atoms with Gasteiger partial charge in [-0.1, -0.05) is 6.08 Å². The normalized spacial score (nSPS) is 19.7. The Morgan fingerprint density at radius 2 is 1.83 bits per heavy atom. The van der Waals surface area contributed by atoms with Crippen LogP contribution >= 0.6 is 0 Å². The van der Waals surface area contributed by atoms with Crippen LogP contribution < -0.4 is 15.3 Å². The van der Waals surface area contributed by atoms with E-state index in [4.69, 9.17) is 0 Å². The van der Waals surface area contributed by atoms with Gasteiger partial charge in [0, 0.05) is 35.4 Å². The topological polar surface area (TPSA) is 15.6 Å². The summed E-state index contributed by atoms with van der Waals surface area (Å²) in [4.78, 5) is 5.14. The van der Waals surface area contributed by atoms with Gasteiger partial charge < -0.3 is 4.90 Å². The quantitative estimate of drug-likeness (QED) is 0.710. The molecule has 0 amide bonds. The van der Waals surface area contributed by atoms with E-state index < -0.39 is 30.4 Å². The SMILES string of the molecule is Cc1c(C(F)(F)F)c2c(c3c1N(C)C(CC(F)(F)F)CC=3)=CC=N2. The Balaban J connectivity index is 2.24. The summed E-state index contributed by atoms with van der Waals surface area (Å²) in [7, 11) is 1.41. The van der Waals surface area contributed by atoms with Crippen molar-refractivity contribution in [3.63, 3.8) is 0 Å². The monoisotopic (exact) mass is 348 g/mol. The molecular weight excluding hydrogens is 334 g/mol. The average molecular weight is 348 g/mol. The molecular formula is C16H14F6N2. The molecule has 0 saturated heterocycles. The third-order valence-corrected chi connectivity index (χ3v) is 4.46. The van der Waals surface area contributed by atoms with E-state index in [0.29, 0.717) is 10.4 Å². The van der Waals surface area contributed by atoms with E-state index in [-0.39, 0.29) is 23.4 Å². The highest BCUT2D eigenvalue weighted by Crippen LogP contribution is 2.41. The van der Waals surface area contributed by atoms with Gasteiger partial charge >= 0.3 is 12.4 Å². The number of halogens is 6. The Morgan fingerprint density at radius 3 is 2.42 bits per heavy atom. The molecule has 2 aliphatic rings. The van der Waals surface area contributed by atoms with Gasteiger partial charge in [-0.25, -0.2) is 0 Å². The van der Waals surface area contributed by atoms with E-state index in [9.17, 15) is 26.3 Å². The average Bonchev–Trinajstić information content (AvgIpc) is 2.87. The molecule has 2 nitrogen and oxygen atoms in total. The van der Waals surface area contributed by atoms with Crippen molar-refractivity contribution in [2.45, 2.75) is 38.2 Å². The summed E-state index contributed by atoms with van der Waals surface area (Å²) in [6.45, 7) is 1.29. The third-order valence-electron chi connectivity index (χ3n) is 4.46. The van der Waals surface area contributed by atoms with Crippen molar-refractivity contribution in [3.05, 3.63) is 21.6 Å². The maximum absolute atomic E-state index is 13.5. The van der Waals surface area contributed by atoms with Crippen molar-refractivity contribution in [3.8, 4) is 0 Å². The minimum absolute atomic E-state index is 0.0886. The van der Waals surface area contributed by atoms with Gasteiger partial charge in [-0.05, 0) is 25.0 Å². The van der Waals surface area contributed by atoms with Crippen LogP contribution in [0.1, 0.15) is 24.0 Å². The first-order chi connectivity index (χ1) is 11.0. The van der Waals surface area contributed by atoms with Crippen LogP contribution in [-0.2, 0) is 6.18 Å². The maximum atomic E-state index is 13.5. The molecule has 3 rings (SSSR count). The third kappa shape index (κ3) is 2.67. The molecule has 0 aliphatic carbocycles. The van der Waals surface area contributed by atoms with Gasteiger partial charge in [0.15, 0.2) is 0 Å². The highest BCUT2D eigenvalue weighted by molar-refractivity contribution is 5.98. The molecule has 1 atom stereocenters. The summed E-state index contributed by atoms with van der Waals surface area (Å²) in [5, 5.41) is 0.842. The second-order valence-electron chi connectivity index (χ2n) is 5.99. The van der Waals surface area contributed by atoms with E-state index in [0.717, 1.165) is 0 Å². The zero-order valence-corrected chi connectivity index (χ0v) is 12.9. The van der Waals surface area contributed by atoms with E-state index in [1.165, 1.54) is 31.2 Å². The van der Waals surface area contributed by atoms with Crippen LogP contribution in [0.2, 0.25) is 0 Å². The standard InChI is InChI=1S/C16H14F6N2/c1-8-12(16(20,21)22)13-10(5-6-23-13)11-4-3-9(7-15(17,18)19)24(2)14(8)11/h4-6,9H,3,7H2,1-2H3. The Labute approximate surface area is 133 Å². The molecule has 0 N–H and O–H groups in total. The lowest BCUT2D eigenvalue weighted by Gasteiger charge is -2.35. The van der Waals surface area contributed by atoms with E-state index in [2.05, 4.69) is 4.99 Å². The molecule has 8 heteroatoms. The van der Waals surface area contributed by atoms with Gasteiger partial charge in [-0.15, -0.1) is 0 Å². The van der Waals surface area contributed by atoms with E-state index in [1.807, 2.05) is 0 Å². The molecule has 2 aliphatic heterocycles. The fraction of sp³-hybridized carbons (Fsp3) is 0.438. The van der Waals surface area contributed by atoms with Crippen LogP contribution in [0.5, 0.6) is 0 Å². The molecule has 1 aromatic carbocycles. The number of benzene rings is 1. The van der Waals surface area contributed by atoms with Crippen LogP contribution in [0.25, 0.3) is 12.2 Å². The fourth-order valence-electron chi connectivity index (χ4n) is 3.47. The lowest BCUT2D eigenvalue weighted by atomic mass is 9.93. The second kappa shape index (κ2) is 5.26. The van der Waals surface area contributed by atoms with Crippen molar-refractivity contribution in [2.75, 3.05) is 11.9 Å². The van der Waals surface area contributed by atoms with Crippen LogP contribution in [0.3, 0.4) is 0 Å². The molecule has 0 fully saturated rings. The van der Waals surface area contributed by atoms with Gasteiger partial charge in [0.1, 0.15) is 0 Å². The summed E-state index contributed by atoms with van der Waals surface area (Å²) < 4.78 is 78.6. The molecule has 0 spiro atoms.